The smallest absolute Gasteiger partial charge is 0.224 e. The third-order valence-electron chi connectivity index (χ3n) is 4.66. The summed E-state index contributed by atoms with van der Waals surface area (Å²) < 4.78 is 19.3. The van der Waals surface area contributed by atoms with Gasteiger partial charge in [-0.15, -0.1) is 0 Å². The summed E-state index contributed by atoms with van der Waals surface area (Å²) in [5, 5.41) is 0. The number of rotatable bonds is 4. The fraction of sp³-hybridized carbons (Fsp3) is 0.381. The highest BCUT2D eigenvalue weighted by atomic mass is 19.1. The van der Waals surface area contributed by atoms with Crippen molar-refractivity contribution < 1.29 is 13.9 Å². The predicted octanol–water partition coefficient (Wildman–Crippen LogP) is 5.04. The van der Waals surface area contributed by atoms with Crippen LogP contribution in [0.3, 0.4) is 0 Å². The van der Waals surface area contributed by atoms with Crippen molar-refractivity contribution in [3.05, 3.63) is 59.4 Å². The average molecular weight is 341 g/mol. The predicted molar refractivity (Wildman–Crippen MR) is 97.4 cm³/mol. The Balaban J connectivity index is 1.98. The Morgan fingerprint density at radius 1 is 1.24 bits per heavy atom. The van der Waals surface area contributed by atoms with Gasteiger partial charge in [-0.1, -0.05) is 25.5 Å². The van der Waals surface area contributed by atoms with E-state index in [1.54, 1.807) is 19.1 Å². The van der Waals surface area contributed by atoms with Crippen molar-refractivity contribution in [1.29, 1.82) is 0 Å². The molecule has 1 heterocycles. The second-order valence-corrected chi connectivity index (χ2v) is 6.68. The van der Waals surface area contributed by atoms with Crippen LogP contribution in [0, 0.1) is 5.82 Å². The summed E-state index contributed by atoms with van der Waals surface area (Å²) in [4.78, 5) is 14.0. The van der Waals surface area contributed by atoms with Gasteiger partial charge in [0.05, 0.1) is 5.69 Å². The first-order valence-corrected chi connectivity index (χ1v) is 8.84. The van der Waals surface area contributed by atoms with E-state index in [0.717, 1.165) is 24.1 Å². The van der Waals surface area contributed by atoms with E-state index in [1.807, 2.05) is 17.9 Å². The molecule has 0 bridgehead atoms. The number of carbonyl (C=O) groups is 1. The van der Waals surface area contributed by atoms with E-state index in [0.29, 0.717) is 12.2 Å². The number of hydrogen-bond acceptors (Lipinski definition) is 2. The molecule has 4 heteroatoms. The maximum Gasteiger partial charge on any atom is 0.224 e. The molecule has 2 aromatic rings. The number of nitrogens with zero attached hydrogens (tertiary/aromatic N) is 1. The molecule has 0 aliphatic carbocycles. The van der Waals surface area contributed by atoms with Crippen LogP contribution in [0.25, 0.3) is 0 Å². The second-order valence-electron chi connectivity index (χ2n) is 6.68. The molecule has 1 aliphatic heterocycles. The van der Waals surface area contributed by atoms with Gasteiger partial charge < -0.3 is 9.64 Å². The van der Waals surface area contributed by atoms with Crippen LogP contribution in [0.15, 0.2) is 42.5 Å². The fourth-order valence-corrected chi connectivity index (χ4v) is 3.57. The van der Waals surface area contributed by atoms with Gasteiger partial charge in [-0.05, 0) is 49.2 Å². The molecule has 2 aromatic carbocycles. The maximum absolute atomic E-state index is 13.1. The lowest BCUT2D eigenvalue weighted by atomic mass is 9.91. The van der Waals surface area contributed by atoms with Crippen LogP contribution in [0.1, 0.15) is 50.8 Å². The Labute approximate surface area is 148 Å². The molecule has 25 heavy (non-hydrogen) atoms. The van der Waals surface area contributed by atoms with Crippen molar-refractivity contribution in [1.82, 2.24) is 0 Å². The molecule has 0 aromatic heterocycles. The maximum atomic E-state index is 13.1. The van der Waals surface area contributed by atoms with Gasteiger partial charge in [0.2, 0.25) is 5.91 Å². The van der Waals surface area contributed by atoms with E-state index in [9.17, 15) is 9.18 Å². The Morgan fingerprint density at radius 3 is 2.60 bits per heavy atom. The number of carbonyl (C=O) groups excluding carboxylic acids is 1. The first kappa shape index (κ1) is 17.5. The summed E-state index contributed by atoms with van der Waals surface area (Å²) >= 11 is 0. The monoisotopic (exact) mass is 341 g/mol. The number of halogens is 1. The Bertz CT molecular complexity index is 757. The lowest BCUT2D eigenvalue weighted by Crippen LogP contribution is -2.43. The first-order valence-electron chi connectivity index (χ1n) is 8.84. The number of anilines is 1. The van der Waals surface area contributed by atoms with Crippen LogP contribution in [-0.2, 0) is 11.2 Å². The first-order chi connectivity index (χ1) is 12.0. The van der Waals surface area contributed by atoms with E-state index in [2.05, 4.69) is 19.1 Å². The molecule has 0 fully saturated rings. The zero-order valence-corrected chi connectivity index (χ0v) is 15.0. The lowest BCUT2D eigenvalue weighted by Gasteiger charge is -2.39. The largest absolute Gasteiger partial charge is 0.486 e. The van der Waals surface area contributed by atoms with Crippen molar-refractivity contribution >= 4 is 11.6 Å². The standard InChI is InChI=1S/C21H24FNO2/c1-4-5-16-6-11-20-19(13-16)21(12-14(2)23(20)15(3)24)25-18-9-7-17(22)8-10-18/h6-11,13-14,21H,4-5,12H2,1-3H3. The van der Waals surface area contributed by atoms with Gasteiger partial charge >= 0.3 is 0 Å². The fourth-order valence-electron chi connectivity index (χ4n) is 3.57. The van der Waals surface area contributed by atoms with Crippen molar-refractivity contribution in [2.75, 3.05) is 4.90 Å². The van der Waals surface area contributed by atoms with Crippen LogP contribution in [0.5, 0.6) is 5.75 Å². The average Bonchev–Trinajstić information content (AvgIpc) is 2.57. The van der Waals surface area contributed by atoms with Gasteiger partial charge in [-0.25, -0.2) is 4.39 Å². The number of aryl methyl sites for hydroxylation is 1. The third kappa shape index (κ3) is 3.68. The molecular formula is C21H24FNO2. The molecule has 2 unspecified atom stereocenters. The lowest BCUT2D eigenvalue weighted by molar-refractivity contribution is -0.117. The highest BCUT2D eigenvalue weighted by Gasteiger charge is 2.33. The van der Waals surface area contributed by atoms with Gasteiger partial charge in [-0.2, -0.15) is 0 Å². The molecule has 3 rings (SSSR count). The normalized spacial score (nSPS) is 19.4. The van der Waals surface area contributed by atoms with Crippen LogP contribution in [-0.4, -0.2) is 11.9 Å². The number of hydrogen-bond donors (Lipinski definition) is 0. The molecule has 1 amide bonds. The Morgan fingerprint density at radius 2 is 1.96 bits per heavy atom. The minimum absolute atomic E-state index is 0.0391. The van der Waals surface area contributed by atoms with Gasteiger partial charge in [0.1, 0.15) is 17.7 Å². The second kappa shape index (κ2) is 7.26. The van der Waals surface area contributed by atoms with Gasteiger partial charge in [0.15, 0.2) is 0 Å². The molecule has 1 aliphatic rings. The highest BCUT2D eigenvalue weighted by Crippen LogP contribution is 2.40. The van der Waals surface area contributed by atoms with Gasteiger partial charge in [0, 0.05) is 24.9 Å². The van der Waals surface area contributed by atoms with Crippen molar-refractivity contribution in [2.45, 2.75) is 52.2 Å². The van der Waals surface area contributed by atoms with E-state index < -0.39 is 0 Å². The van der Waals surface area contributed by atoms with Crippen LogP contribution in [0.4, 0.5) is 10.1 Å². The van der Waals surface area contributed by atoms with Crippen LogP contribution < -0.4 is 9.64 Å². The zero-order valence-electron chi connectivity index (χ0n) is 15.0. The van der Waals surface area contributed by atoms with Gasteiger partial charge in [-0.3, -0.25) is 4.79 Å². The summed E-state index contributed by atoms with van der Waals surface area (Å²) in [5.74, 6) is 0.400. The van der Waals surface area contributed by atoms with Crippen LogP contribution in [0.2, 0.25) is 0 Å². The summed E-state index contributed by atoms with van der Waals surface area (Å²) in [7, 11) is 0. The minimum atomic E-state index is -0.280. The van der Waals surface area contributed by atoms with Crippen LogP contribution >= 0.6 is 0 Å². The summed E-state index contributed by atoms with van der Waals surface area (Å²) in [6, 6.07) is 12.4. The van der Waals surface area contributed by atoms with Crippen molar-refractivity contribution in [2.24, 2.45) is 0 Å². The topological polar surface area (TPSA) is 29.5 Å². The number of fused-ring (bicyclic) bond motifs is 1. The number of amides is 1. The van der Waals surface area contributed by atoms with E-state index in [1.165, 1.54) is 17.7 Å². The SMILES string of the molecule is CCCc1ccc2c(c1)C(Oc1ccc(F)cc1)CC(C)N2C(C)=O. The molecule has 0 spiro atoms. The summed E-state index contributed by atoms with van der Waals surface area (Å²) in [6.07, 6.45) is 2.61. The molecule has 132 valence electrons. The van der Waals surface area contributed by atoms with Crippen molar-refractivity contribution in [3.8, 4) is 5.75 Å². The van der Waals surface area contributed by atoms with E-state index in [-0.39, 0.29) is 23.9 Å². The Hall–Kier alpha value is -2.36. The highest BCUT2D eigenvalue weighted by molar-refractivity contribution is 5.93. The number of ether oxygens (including phenoxy) is 1. The number of benzene rings is 2. The third-order valence-corrected chi connectivity index (χ3v) is 4.66. The molecule has 2 atom stereocenters. The minimum Gasteiger partial charge on any atom is -0.486 e. The summed E-state index contributed by atoms with van der Waals surface area (Å²) in [6.45, 7) is 5.78. The molecule has 0 N–H and O–H groups in total. The van der Waals surface area contributed by atoms with Gasteiger partial charge in [0.25, 0.3) is 0 Å². The molecule has 0 saturated carbocycles. The Kier molecular flexibility index (Phi) is 5.07. The molecule has 3 nitrogen and oxygen atoms in total. The summed E-state index contributed by atoms with van der Waals surface area (Å²) in [5.41, 5.74) is 3.19. The quantitative estimate of drug-likeness (QED) is 0.779. The zero-order chi connectivity index (χ0) is 18.0. The molecule has 0 radical (unpaired) electrons. The van der Waals surface area contributed by atoms with Crippen molar-refractivity contribution in [3.63, 3.8) is 0 Å². The molecule has 0 saturated heterocycles. The van der Waals surface area contributed by atoms with E-state index in [4.69, 9.17) is 4.74 Å². The van der Waals surface area contributed by atoms with E-state index >= 15 is 0 Å². The molecular weight excluding hydrogens is 317 g/mol.